The summed E-state index contributed by atoms with van der Waals surface area (Å²) >= 11 is 0. The Morgan fingerprint density at radius 1 is 1.04 bits per heavy atom. The summed E-state index contributed by atoms with van der Waals surface area (Å²) < 4.78 is 29.2. The van der Waals surface area contributed by atoms with Crippen LogP contribution in [-0.2, 0) is 14.1 Å². The van der Waals surface area contributed by atoms with Crippen LogP contribution in [0.3, 0.4) is 0 Å². The molecule has 1 aromatic carbocycles. The molecule has 1 heterocycles. The number of ether oxygens (including phenoxy) is 1. The number of esters is 1. The van der Waals surface area contributed by atoms with E-state index in [0.717, 1.165) is 0 Å². The standard InChI is InChI=1S/C17H21N2O5P/c1-13(2)22-17(20)14(3)19-25(21,23-15-9-5-4-6-10-15)24-16-11-7-8-12-18-16/h4-14H,1-3H3,(H,19,21)/t14-,25?/m0/s1. The zero-order chi connectivity index (χ0) is 18.3. The molecule has 1 unspecified atom stereocenters. The van der Waals surface area contributed by atoms with Crippen LogP contribution in [0.15, 0.2) is 54.7 Å². The van der Waals surface area contributed by atoms with Gasteiger partial charge >= 0.3 is 13.7 Å². The highest BCUT2D eigenvalue weighted by molar-refractivity contribution is 7.52. The summed E-state index contributed by atoms with van der Waals surface area (Å²) in [5, 5.41) is 2.59. The van der Waals surface area contributed by atoms with Gasteiger partial charge in [0.25, 0.3) is 0 Å². The Morgan fingerprint density at radius 2 is 1.72 bits per heavy atom. The maximum atomic E-state index is 13.1. The Bertz CT molecular complexity index is 679. The highest BCUT2D eigenvalue weighted by atomic mass is 31.2. The van der Waals surface area contributed by atoms with Crippen molar-refractivity contribution in [2.75, 3.05) is 0 Å². The van der Waals surface area contributed by atoms with Gasteiger partial charge in [-0.1, -0.05) is 24.3 Å². The minimum absolute atomic E-state index is 0.110. The summed E-state index contributed by atoms with van der Waals surface area (Å²) in [4.78, 5) is 16.0. The van der Waals surface area contributed by atoms with Crippen LogP contribution in [0.2, 0.25) is 0 Å². The van der Waals surface area contributed by atoms with E-state index in [9.17, 15) is 9.36 Å². The van der Waals surface area contributed by atoms with Gasteiger partial charge in [-0.2, -0.15) is 5.09 Å². The third-order valence-electron chi connectivity index (χ3n) is 2.88. The molecule has 0 saturated heterocycles. The number of nitrogens with zero attached hydrogens (tertiary/aromatic N) is 1. The fourth-order valence-corrected chi connectivity index (χ4v) is 3.32. The summed E-state index contributed by atoms with van der Waals surface area (Å²) in [5.41, 5.74) is 0. The Labute approximate surface area is 146 Å². The van der Waals surface area contributed by atoms with Crippen molar-refractivity contribution >= 4 is 13.7 Å². The third-order valence-corrected chi connectivity index (χ3v) is 4.46. The maximum absolute atomic E-state index is 13.1. The van der Waals surface area contributed by atoms with Crippen LogP contribution in [0, 0.1) is 0 Å². The number of para-hydroxylation sites is 1. The molecule has 25 heavy (non-hydrogen) atoms. The van der Waals surface area contributed by atoms with Crippen LogP contribution in [0.1, 0.15) is 20.8 Å². The van der Waals surface area contributed by atoms with E-state index in [2.05, 4.69) is 10.1 Å². The highest BCUT2D eigenvalue weighted by Crippen LogP contribution is 2.44. The fraction of sp³-hybridized carbons (Fsp3) is 0.294. The van der Waals surface area contributed by atoms with Crippen molar-refractivity contribution in [3.8, 4) is 11.6 Å². The molecule has 0 amide bonds. The van der Waals surface area contributed by atoms with Crippen molar-refractivity contribution in [1.29, 1.82) is 0 Å². The SMILES string of the molecule is CC(C)OC(=O)[C@H](C)NP(=O)(Oc1ccccc1)Oc1ccccn1. The minimum atomic E-state index is -3.93. The number of pyridine rings is 1. The summed E-state index contributed by atoms with van der Waals surface area (Å²) in [7, 11) is -3.93. The zero-order valence-electron chi connectivity index (χ0n) is 14.3. The number of carbonyl (C=O) groups is 1. The second kappa shape index (κ2) is 8.65. The van der Waals surface area contributed by atoms with Gasteiger partial charge in [0.15, 0.2) is 0 Å². The molecule has 0 aliphatic heterocycles. The molecule has 0 fully saturated rings. The Hall–Kier alpha value is -2.37. The van der Waals surface area contributed by atoms with Gasteiger partial charge in [-0.3, -0.25) is 4.79 Å². The number of aromatic nitrogens is 1. The predicted molar refractivity (Wildman–Crippen MR) is 93.4 cm³/mol. The Balaban J connectivity index is 2.19. The van der Waals surface area contributed by atoms with Crippen molar-refractivity contribution in [3.05, 3.63) is 54.7 Å². The summed E-state index contributed by atoms with van der Waals surface area (Å²) in [5.74, 6) is -0.117. The molecule has 0 radical (unpaired) electrons. The number of hydrogen-bond acceptors (Lipinski definition) is 6. The van der Waals surface area contributed by atoms with Gasteiger partial charge in [0.2, 0.25) is 5.88 Å². The van der Waals surface area contributed by atoms with Crippen LogP contribution in [0.25, 0.3) is 0 Å². The van der Waals surface area contributed by atoms with Crippen LogP contribution in [0.4, 0.5) is 0 Å². The predicted octanol–water partition coefficient (Wildman–Crippen LogP) is 3.58. The van der Waals surface area contributed by atoms with E-state index in [1.807, 2.05) is 0 Å². The molecule has 2 atom stereocenters. The first-order valence-corrected chi connectivity index (χ1v) is 9.36. The van der Waals surface area contributed by atoms with E-state index in [-0.39, 0.29) is 12.0 Å². The second-order valence-corrected chi connectivity index (χ2v) is 7.12. The van der Waals surface area contributed by atoms with Gasteiger partial charge in [0, 0.05) is 12.3 Å². The minimum Gasteiger partial charge on any atom is -0.462 e. The lowest BCUT2D eigenvalue weighted by molar-refractivity contribution is -0.149. The summed E-state index contributed by atoms with van der Waals surface area (Å²) in [6.45, 7) is 4.98. The molecular weight excluding hydrogens is 343 g/mol. The van der Waals surface area contributed by atoms with Crippen LogP contribution in [-0.4, -0.2) is 23.1 Å². The van der Waals surface area contributed by atoms with Crippen molar-refractivity contribution in [1.82, 2.24) is 10.1 Å². The van der Waals surface area contributed by atoms with Gasteiger partial charge < -0.3 is 13.8 Å². The van der Waals surface area contributed by atoms with E-state index in [1.165, 1.54) is 13.1 Å². The van der Waals surface area contributed by atoms with Crippen LogP contribution < -0.4 is 14.1 Å². The molecule has 0 spiro atoms. The van der Waals surface area contributed by atoms with Crippen molar-refractivity contribution in [3.63, 3.8) is 0 Å². The number of nitrogens with one attached hydrogen (secondary N) is 1. The molecule has 7 nitrogen and oxygen atoms in total. The molecule has 0 bridgehead atoms. The van der Waals surface area contributed by atoms with E-state index < -0.39 is 19.8 Å². The first-order chi connectivity index (χ1) is 11.9. The molecule has 8 heteroatoms. The topological polar surface area (TPSA) is 86.8 Å². The van der Waals surface area contributed by atoms with Gasteiger partial charge in [0.1, 0.15) is 11.8 Å². The van der Waals surface area contributed by atoms with Crippen LogP contribution in [0.5, 0.6) is 11.6 Å². The van der Waals surface area contributed by atoms with Crippen molar-refractivity contribution in [2.24, 2.45) is 0 Å². The number of benzene rings is 1. The molecule has 1 aromatic heterocycles. The molecule has 1 N–H and O–H groups in total. The third kappa shape index (κ3) is 6.21. The quantitative estimate of drug-likeness (QED) is 0.566. The Morgan fingerprint density at radius 3 is 2.32 bits per heavy atom. The normalized spacial score (nSPS) is 14.4. The van der Waals surface area contributed by atoms with Gasteiger partial charge in [0.05, 0.1) is 6.10 Å². The molecule has 134 valence electrons. The lowest BCUT2D eigenvalue weighted by atomic mass is 10.3. The van der Waals surface area contributed by atoms with Gasteiger partial charge in [-0.25, -0.2) is 9.55 Å². The first-order valence-electron chi connectivity index (χ1n) is 7.81. The monoisotopic (exact) mass is 364 g/mol. The average Bonchev–Trinajstić information content (AvgIpc) is 2.55. The Kier molecular flexibility index (Phi) is 6.56. The largest absolute Gasteiger partial charge is 0.514 e. The van der Waals surface area contributed by atoms with Gasteiger partial charge in [-0.15, -0.1) is 0 Å². The fourth-order valence-electron chi connectivity index (χ4n) is 1.84. The second-order valence-electron chi connectivity index (χ2n) is 5.50. The van der Waals surface area contributed by atoms with Crippen molar-refractivity contribution < 1.29 is 23.1 Å². The summed E-state index contributed by atoms with van der Waals surface area (Å²) in [6, 6.07) is 12.6. The molecule has 2 rings (SSSR count). The van der Waals surface area contributed by atoms with Crippen LogP contribution >= 0.6 is 7.75 Å². The lowest BCUT2D eigenvalue weighted by Gasteiger charge is -2.23. The average molecular weight is 364 g/mol. The van der Waals surface area contributed by atoms with Gasteiger partial charge in [-0.05, 0) is 39.0 Å². The molecule has 0 aliphatic rings. The van der Waals surface area contributed by atoms with Crippen molar-refractivity contribution in [2.45, 2.75) is 32.9 Å². The molecular formula is C17H21N2O5P. The number of hydrogen-bond donors (Lipinski definition) is 1. The molecule has 2 aromatic rings. The molecule has 0 aliphatic carbocycles. The highest BCUT2D eigenvalue weighted by Gasteiger charge is 2.34. The lowest BCUT2D eigenvalue weighted by Crippen LogP contribution is -2.36. The number of carbonyl (C=O) groups excluding carboxylic acids is 1. The number of rotatable bonds is 8. The molecule has 0 saturated carbocycles. The maximum Gasteiger partial charge on any atom is 0.514 e. The van der Waals surface area contributed by atoms with E-state index >= 15 is 0 Å². The van der Waals surface area contributed by atoms with E-state index in [4.69, 9.17) is 13.8 Å². The summed E-state index contributed by atoms with van der Waals surface area (Å²) in [6.07, 6.45) is 1.21. The first kappa shape index (κ1) is 19.0. The van der Waals surface area contributed by atoms with E-state index in [1.54, 1.807) is 62.4 Å². The zero-order valence-corrected chi connectivity index (χ0v) is 15.2. The van der Waals surface area contributed by atoms with E-state index in [0.29, 0.717) is 5.75 Å². The smallest absolute Gasteiger partial charge is 0.462 e.